The van der Waals surface area contributed by atoms with E-state index in [4.69, 9.17) is 15.5 Å². The first-order chi connectivity index (χ1) is 17.7. The van der Waals surface area contributed by atoms with E-state index >= 15 is 0 Å². The van der Waals surface area contributed by atoms with E-state index in [1.807, 2.05) is 6.07 Å². The van der Waals surface area contributed by atoms with Crippen LogP contribution in [0.15, 0.2) is 54.6 Å². The molecule has 7 nitrogen and oxygen atoms in total. The number of carbonyl (C=O) groups is 1. The Kier molecular flexibility index (Phi) is 6.45. The number of fused-ring (bicyclic) bond motifs is 1. The molecule has 5 rings (SSSR count). The Balaban J connectivity index is 1.63. The fourth-order valence-electron chi connectivity index (χ4n) is 5.07. The Labute approximate surface area is 212 Å². The minimum atomic E-state index is -4.44. The molecule has 0 saturated carbocycles. The quantitative estimate of drug-likeness (QED) is 0.416. The van der Waals surface area contributed by atoms with Gasteiger partial charge >= 0.3 is 6.18 Å². The molecule has 1 atom stereocenters. The van der Waals surface area contributed by atoms with Gasteiger partial charge in [0.1, 0.15) is 17.8 Å². The van der Waals surface area contributed by atoms with Crippen molar-refractivity contribution in [2.75, 3.05) is 20.2 Å². The van der Waals surface area contributed by atoms with Gasteiger partial charge in [-0.3, -0.25) is 4.79 Å². The molecule has 2 aromatic carbocycles. The third-order valence-electron chi connectivity index (χ3n) is 6.76. The Morgan fingerprint density at radius 2 is 1.86 bits per heavy atom. The molecule has 0 radical (unpaired) electrons. The van der Waals surface area contributed by atoms with Crippen LogP contribution >= 0.6 is 0 Å². The highest BCUT2D eigenvalue weighted by Gasteiger charge is 2.32. The second-order valence-corrected chi connectivity index (χ2v) is 9.37. The summed E-state index contributed by atoms with van der Waals surface area (Å²) in [6.07, 6.45) is -2.73. The Hall–Kier alpha value is -3.79. The molecule has 10 heteroatoms. The number of nitrogens with zero attached hydrogens (tertiary/aromatic N) is 4. The second-order valence-electron chi connectivity index (χ2n) is 9.37. The van der Waals surface area contributed by atoms with E-state index in [1.165, 1.54) is 11.7 Å². The Bertz CT molecular complexity index is 1440. The number of alkyl halides is 3. The number of aryl methyl sites for hydroxylation is 1. The molecule has 1 fully saturated rings. The van der Waals surface area contributed by atoms with Crippen LogP contribution in [0.5, 0.6) is 5.75 Å². The van der Waals surface area contributed by atoms with Gasteiger partial charge in [-0.05, 0) is 42.7 Å². The van der Waals surface area contributed by atoms with Gasteiger partial charge in [0.05, 0.1) is 18.3 Å². The van der Waals surface area contributed by atoms with E-state index in [-0.39, 0.29) is 11.9 Å². The summed E-state index contributed by atoms with van der Waals surface area (Å²) >= 11 is 0. The molecule has 1 aliphatic rings. The summed E-state index contributed by atoms with van der Waals surface area (Å²) in [5.41, 5.74) is 8.93. The van der Waals surface area contributed by atoms with Crippen molar-refractivity contribution in [3.05, 3.63) is 60.2 Å². The van der Waals surface area contributed by atoms with Crippen LogP contribution < -0.4 is 10.5 Å². The number of benzene rings is 2. The van der Waals surface area contributed by atoms with Gasteiger partial charge in [-0.25, -0.2) is 4.98 Å². The highest BCUT2D eigenvalue weighted by atomic mass is 19.4. The lowest BCUT2D eigenvalue weighted by molar-refractivity contribution is -0.140. The number of piperidine rings is 1. The first-order valence-electron chi connectivity index (χ1n) is 12.1. The smallest absolute Gasteiger partial charge is 0.406 e. The van der Waals surface area contributed by atoms with E-state index < -0.39 is 12.7 Å². The van der Waals surface area contributed by atoms with E-state index in [0.29, 0.717) is 58.2 Å². The summed E-state index contributed by atoms with van der Waals surface area (Å²) in [7, 11) is 3.22. The predicted molar refractivity (Wildman–Crippen MR) is 135 cm³/mol. The molecule has 1 amide bonds. The number of rotatable bonds is 5. The summed E-state index contributed by atoms with van der Waals surface area (Å²) < 4.78 is 49.5. The molecule has 1 saturated heterocycles. The lowest BCUT2D eigenvalue weighted by Crippen LogP contribution is -2.45. The summed E-state index contributed by atoms with van der Waals surface area (Å²) in [5, 5.41) is 0. The van der Waals surface area contributed by atoms with Gasteiger partial charge in [-0.15, -0.1) is 0 Å². The van der Waals surface area contributed by atoms with Gasteiger partial charge in [-0.1, -0.05) is 30.3 Å². The third-order valence-corrected chi connectivity index (χ3v) is 6.76. The second kappa shape index (κ2) is 9.59. The summed E-state index contributed by atoms with van der Waals surface area (Å²) in [4.78, 5) is 19.7. The van der Waals surface area contributed by atoms with Crippen molar-refractivity contribution in [1.82, 2.24) is 19.0 Å². The highest BCUT2D eigenvalue weighted by molar-refractivity contribution is 6.00. The monoisotopic (exact) mass is 511 g/mol. The summed E-state index contributed by atoms with van der Waals surface area (Å²) in [6.45, 7) is -0.0771. The van der Waals surface area contributed by atoms with Crippen LogP contribution in [0.2, 0.25) is 0 Å². The number of methoxy groups -OCH3 is 1. The molecule has 3 heterocycles. The van der Waals surface area contributed by atoms with Gasteiger partial charge in [-0.2, -0.15) is 13.2 Å². The fraction of sp³-hybridized carbons (Fsp3) is 0.333. The number of imidazole rings is 1. The lowest BCUT2D eigenvalue weighted by Gasteiger charge is -2.30. The van der Waals surface area contributed by atoms with E-state index in [9.17, 15) is 18.0 Å². The maximum Gasteiger partial charge on any atom is 0.406 e. The van der Waals surface area contributed by atoms with Gasteiger partial charge in [0, 0.05) is 37.4 Å². The number of halogens is 3. The molecule has 2 N–H and O–H groups in total. The molecule has 1 aliphatic heterocycles. The molecule has 37 heavy (non-hydrogen) atoms. The third kappa shape index (κ3) is 4.81. The molecule has 194 valence electrons. The number of amides is 1. The Morgan fingerprint density at radius 3 is 2.54 bits per heavy atom. The molecule has 0 bridgehead atoms. The maximum absolute atomic E-state index is 13.7. The van der Waals surface area contributed by atoms with E-state index in [2.05, 4.69) is 0 Å². The number of carbonyl (C=O) groups excluding carboxylic acids is 1. The van der Waals surface area contributed by atoms with Crippen molar-refractivity contribution in [3.8, 4) is 28.5 Å². The minimum absolute atomic E-state index is 0.0648. The Morgan fingerprint density at radius 1 is 1.14 bits per heavy atom. The predicted octanol–water partition coefficient (Wildman–Crippen LogP) is 4.84. The number of nitrogens with two attached hydrogens (primary N) is 1. The average Bonchev–Trinajstić information content (AvgIpc) is 3.42. The van der Waals surface area contributed by atoms with Crippen LogP contribution in [-0.2, 0) is 13.6 Å². The molecular formula is C27H28F3N5O2. The van der Waals surface area contributed by atoms with Crippen LogP contribution in [0.1, 0.15) is 23.2 Å². The first-order valence-corrected chi connectivity index (χ1v) is 12.1. The van der Waals surface area contributed by atoms with Crippen LogP contribution in [0.25, 0.3) is 33.8 Å². The zero-order valence-corrected chi connectivity index (χ0v) is 20.6. The van der Waals surface area contributed by atoms with Crippen molar-refractivity contribution in [2.24, 2.45) is 12.8 Å². The van der Waals surface area contributed by atoms with Gasteiger partial charge in [0.2, 0.25) is 0 Å². The van der Waals surface area contributed by atoms with Crippen LogP contribution in [0.4, 0.5) is 13.2 Å². The lowest BCUT2D eigenvalue weighted by atomic mass is 10.0. The molecule has 4 aromatic rings. The number of hydrogen-bond donors (Lipinski definition) is 1. The van der Waals surface area contributed by atoms with Crippen molar-refractivity contribution in [3.63, 3.8) is 0 Å². The van der Waals surface area contributed by atoms with E-state index in [0.717, 1.165) is 12.8 Å². The zero-order valence-electron chi connectivity index (χ0n) is 20.6. The van der Waals surface area contributed by atoms with Crippen LogP contribution in [0.3, 0.4) is 0 Å². The molecule has 0 spiro atoms. The van der Waals surface area contributed by atoms with Gasteiger partial charge in [0.25, 0.3) is 5.91 Å². The normalized spacial score (nSPS) is 16.4. The van der Waals surface area contributed by atoms with Crippen molar-refractivity contribution in [1.29, 1.82) is 0 Å². The topological polar surface area (TPSA) is 78.3 Å². The standard InChI is InChI=1S/C27H28F3N5O2/c1-33-24-20(13-18(14-23(24)37-2)26(36)34-12-6-9-19(31)15-34)32-25(33)22-11-10-21(17-7-4-3-5-8-17)35(22)16-27(28,29)30/h3-5,7-8,10-11,13-14,19H,6,9,12,15-16,31H2,1-2H3/t19-/m1/s1. The van der Waals surface area contributed by atoms with Crippen molar-refractivity contribution < 1.29 is 22.7 Å². The van der Waals surface area contributed by atoms with Crippen LogP contribution in [0, 0.1) is 0 Å². The number of hydrogen-bond acceptors (Lipinski definition) is 4. The van der Waals surface area contributed by atoms with Gasteiger partial charge in [0.15, 0.2) is 5.82 Å². The van der Waals surface area contributed by atoms with E-state index in [1.54, 1.807) is 65.0 Å². The SMILES string of the molecule is COc1cc(C(=O)N2CCC[C@@H](N)C2)cc2nc(-c3ccc(-c4ccccc4)n3CC(F)(F)F)n(C)c12. The fourth-order valence-corrected chi connectivity index (χ4v) is 5.07. The van der Waals surface area contributed by atoms with Crippen LogP contribution in [-0.4, -0.2) is 57.3 Å². The number of likely N-dealkylation sites (tertiary alicyclic amines) is 1. The molecule has 2 aromatic heterocycles. The largest absolute Gasteiger partial charge is 0.494 e. The molecular weight excluding hydrogens is 483 g/mol. The molecule has 0 unspecified atom stereocenters. The minimum Gasteiger partial charge on any atom is -0.494 e. The van der Waals surface area contributed by atoms with Crippen molar-refractivity contribution >= 4 is 16.9 Å². The first kappa shape index (κ1) is 24.9. The summed E-state index contributed by atoms with van der Waals surface area (Å²) in [5.74, 6) is 0.583. The zero-order chi connectivity index (χ0) is 26.3. The average molecular weight is 512 g/mol. The maximum atomic E-state index is 13.7. The summed E-state index contributed by atoms with van der Waals surface area (Å²) in [6, 6.07) is 15.5. The van der Waals surface area contributed by atoms with Gasteiger partial charge < -0.3 is 24.5 Å². The van der Waals surface area contributed by atoms with Crippen molar-refractivity contribution in [2.45, 2.75) is 31.6 Å². The number of aromatic nitrogens is 3. The number of ether oxygens (including phenoxy) is 1. The molecule has 0 aliphatic carbocycles. The highest BCUT2D eigenvalue weighted by Crippen LogP contribution is 2.36.